The van der Waals surface area contributed by atoms with Crippen LogP contribution in [0.15, 0.2) is 49.2 Å². The predicted octanol–water partition coefficient (Wildman–Crippen LogP) is 4.63. The molecule has 5 aromatic rings. The number of benzene rings is 1. The average molecular weight is 457 g/mol. The van der Waals surface area contributed by atoms with Crippen LogP contribution < -0.4 is 4.90 Å². The SMILES string of the molecule is CN(c1cncc(-c2ccc(C(F)F)nc2)n1)c1nc2nncn2c2cc(Cl)c(F)cc12. The summed E-state index contributed by atoms with van der Waals surface area (Å²) in [5.74, 6) is 0.424. The molecule has 0 spiro atoms. The van der Waals surface area contributed by atoms with Crippen LogP contribution in [0.3, 0.4) is 0 Å². The smallest absolute Gasteiger partial charge is 0.280 e. The summed E-state index contributed by atoms with van der Waals surface area (Å²) in [6.45, 7) is 0. The molecule has 8 nitrogen and oxygen atoms in total. The van der Waals surface area contributed by atoms with Crippen molar-refractivity contribution in [1.82, 2.24) is 34.5 Å². The number of pyridine rings is 1. The molecular weight excluding hydrogens is 445 g/mol. The second kappa shape index (κ2) is 7.68. The average Bonchev–Trinajstić information content (AvgIpc) is 3.28. The van der Waals surface area contributed by atoms with Crippen LogP contribution >= 0.6 is 11.6 Å². The first-order chi connectivity index (χ1) is 15.4. The summed E-state index contributed by atoms with van der Waals surface area (Å²) in [7, 11) is 1.69. The molecule has 0 unspecified atom stereocenters. The molecule has 0 amide bonds. The molecule has 0 aliphatic carbocycles. The third-order valence-corrected chi connectivity index (χ3v) is 5.15. The lowest BCUT2D eigenvalue weighted by Gasteiger charge is -2.20. The van der Waals surface area contributed by atoms with Crippen LogP contribution in [-0.2, 0) is 0 Å². The zero-order chi connectivity index (χ0) is 22.4. The van der Waals surface area contributed by atoms with Gasteiger partial charge in [-0.15, -0.1) is 10.2 Å². The fraction of sp³-hybridized carbons (Fsp3) is 0.100. The van der Waals surface area contributed by atoms with Crippen LogP contribution in [0.25, 0.3) is 27.9 Å². The largest absolute Gasteiger partial charge is 0.312 e. The first kappa shape index (κ1) is 20.1. The molecule has 160 valence electrons. The fourth-order valence-electron chi connectivity index (χ4n) is 3.25. The van der Waals surface area contributed by atoms with Gasteiger partial charge in [0.05, 0.1) is 28.6 Å². The molecule has 32 heavy (non-hydrogen) atoms. The Morgan fingerprint density at radius 1 is 1.09 bits per heavy atom. The number of halogens is 4. The Bertz CT molecular complexity index is 1460. The second-order valence-electron chi connectivity index (χ2n) is 6.81. The highest BCUT2D eigenvalue weighted by atomic mass is 35.5. The topological polar surface area (TPSA) is 85.0 Å². The molecule has 4 aromatic heterocycles. The van der Waals surface area contributed by atoms with Crippen LogP contribution in [-0.4, -0.2) is 41.6 Å². The lowest BCUT2D eigenvalue weighted by Crippen LogP contribution is -2.15. The van der Waals surface area contributed by atoms with Crippen LogP contribution in [0.5, 0.6) is 0 Å². The van der Waals surface area contributed by atoms with E-state index in [9.17, 15) is 13.2 Å². The number of nitrogens with zero attached hydrogens (tertiary/aromatic N) is 8. The number of aromatic nitrogens is 7. The van der Waals surface area contributed by atoms with Crippen LogP contribution in [0.2, 0.25) is 5.02 Å². The normalized spacial score (nSPS) is 11.6. The van der Waals surface area contributed by atoms with E-state index in [1.165, 1.54) is 49.2 Å². The second-order valence-corrected chi connectivity index (χ2v) is 7.22. The predicted molar refractivity (Wildman–Crippen MR) is 112 cm³/mol. The maximum Gasteiger partial charge on any atom is 0.280 e. The quantitative estimate of drug-likeness (QED) is 0.390. The van der Waals surface area contributed by atoms with Crippen molar-refractivity contribution in [2.45, 2.75) is 6.43 Å². The van der Waals surface area contributed by atoms with E-state index >= 15 is 0 Å². The molecule has 1 aromatic carbocycles. The maximum absolute atomic E-state index is 14.3. The summed E-state index contributed by atoms with van der Waals surface area (Å²) in [4.78, 5) is 18.6. The number of rotatable bonds is 4. The number of anilines is 2. The van der Waals surface area contributed by atoms with Gasteiger partial charge in [0.15, 0.2) is 5.82 Å². The van der Waals surface area contributed by atoms with Gasteiger partial charge in [-0.2, -0.15) is 4.98 Å². The standard InChI is InChI=1S/C20H12ClF3N8/c1-31(17-8-25-7-15(28-17)10-2-3-14(18(23)24)26-6-10)19-11-4-13(22)12(21)5-16(11)32-9-27-30-20(32)29-19/h2-9,18H,1H3. The summed E-state index contributed by atoms with van der Waals surface area (Å²) in [5.41, 5.74) is 1.17. The number of hydrogen-bond donors (Lipinski definition) is 0. The molecular formula is C20H12ClF3N8. The van der Waals surface area contributed by atoms with E-state index in [1.54, 1.807) is 16.3 Å². The highest BCUT2D eigenvalue weighted by Gasteiger charge is 2.18. The lowest BCUT2D eigenvalue weighted by atomic mass is 10.2. The number of hydrogen-bond acceptors (Lipinski definition) is 7. The minimum absolute atomic E-state index is 0.0474. The fourth-order valence-corrected chi connectivity index (χ4v) is 3.41. The van der Waals surface area contributed by atoms with Crippen molar-refractivity contribution < 1.29 is 13.2 Å². The summed E-state index contributed by atoms with van der Waals surface area (Å²) < 4.78 is 41.4. The van der Waals surface area contributed by atoms with Gasteiger partial charge in [0.2, 0.25) is 0 Å². The Kier molecular flexibility index (Phi) is 4.82. The molecule has 4 heterocycles. The van der Waals surface area contributed by atoms with Gasteiger partial charge in [-0.3, -0.25) is 14.4 Å². The minimum atomic E-state index is -2.66. The van der Waals surface area contributed by atoms with E-state index < -0.39 is 12.2 Å². The summed E-state index contributed by atoms with van der Waals surface area (Å²) in [5, 5.41) is 8.24. The van der Waals surface area contributed by atoms with Gasteiger partial charge >= 0.3 is 0 Å². The first-order valence-corrected chi connectivity index (χ1v) is 9.59. The van der Waals surface area contributed by atoms with Gasteiger partial charge in [-0.1, -0.05) is 11.6 Å². The van der Waals surface area contributed by atoms with Crippen LogP contribution in [0.4, 0.5) is 24.8 Å². The third kappa shape index (κ3) is 3.36. The van der Waals surface area contributed by atoms with Gasteiger partial charge in [-0.05, 0) is 24.3 Å². The maximum atomic E-state index is 14.3. The van der Waals surface area contributed by atoms with E-state index in [1.807, 2.05) is 0 Å². The number of alkyl halides is 2. The molecule has 5 rings (SSSR count). The Morgan fingerprint density at radius 2 is 1.94 bits per heavy atom. The summed E-state index contributed by atoms with van der Waals surface area (Å²) in [6, 6.07) is 5.48. The molecule has 0 saturated carbocycles. The Labute approximate surface area is 183 Å². The van der Waals surface area contributed by atoms with E-state index in [-0.39, 0.29) is 16.5 Å². The molecule has 0 atom stereocenters. The van der Waals surface area contributed by atoms with Gasteiger partial charge in [0, 0.05) is 24.2 Å². The van der Waals surface area contributed by atoms with Crippen LogP contribution in [0, 0.1) is 5.82 Å². The van der Waals surface area contributed by atoms with E-state index in [0.29, 0.717) is 33.8 Å². The van der Waals surface area contributed by atoms with Gasteiger partial charge in [0.1, 0.15) is 23.7 Å². The number of fused-ring (bicyclic) bond motifs is 3. The molecule has 0 N–H and O–H groups in total. The van der Waals surface area contributed by atoms with Crippen molar-refractivity contribution in [1.29, 1.82) is 0 Å². The Balaban J connectivity index is 1.62. The zero-order valence-electron chi connectivity index (χ0n) is 16.3. The lowest BCUT2D eigenvalue weighted by molar-refractivity contribution is 0.146. The molecule has 0 radical (unpaired) electrons. The summed E-state index contributed by atoms with van der Waals surface area (Å²) in [6.07, 6.45) is 3.09. The van der Waals surface area contributed by atoms with Crippen molar-refractivity contribution in [3.8, 4) is 11.3 Å². The van der Waals surface area contributed by atoms with E-state index in [4.69, 9.17) is 11.6 Å². The molecule has 0 bridgehead atoms. The van der Waals surface area contributed by atoms with Crippen molar-refractivity contribution >= 4 is 39.9 Å². The monoisotopic (exact) mass is 456 g/mol. The van der Waals surface area contributed by atoms with Crippen molar-refractivity contribution in [2.24, 2.45) is 0 Å². The van der Waals surface area contributed by atoms with Crippen molar-refractivity contribution in [3.05, 3.63) is 65.7 Å². The zero-order valence-corrected chi connectivity index (χ0v) is 17.0. The van der Waals surface area contributed by atoms with E-state index in [2.05, 4.69) is 30.1 Å². The molecule has 0 aliphatic heterocycles. The molecule has 12 heteroatoms. The molecule has 0 saturated heterocycles. The highest BCUT2D eigenvalue weighted by molar-refractivity contribution is 6.31. The van der Waals surface area contributed by atoms with Gasteiger partial charge in [-0.25, -0.2) is 18.2 Å². The van der Waals surface area contributed by atoms with Crippen molar-refractivity contribution in [2.75, 3.05) is 11.9 Å². The van der Waals surface area contributed by atoms with Gasteiger partial charge in [0.25, 0.3) is 12.2 Å². The molecule has 0 aliphatic rings. The first-order valence-electron chi connectivity index (χ1n) is 9.21. The summed E-state index contributed by atoms with van der Waals surface area (Å²) >= 11 is 5.98. The minimum Gasteiger partial charge on any atom is -0.312 e. The van der Waals surface area contributed by atoms with E-state index in [0.717, 1.165) is 0 Å². The van der Waals surface area contributed by atoms with Crippen LogP contribution in [0.1, 0.15) is 12.1 Å². The molecule has 0 fully saturated rings. The third-order valence-electron chi connectivity index (χ3n) is 4.86. The Morgan fingerprint density at radius 3 is 2.69 bits per heavy atom. The Hall–Kier alpha value is -3.86. The highest BCUT2D eigenvalue weighted by Crippen LogP contribution is 2.32. The van der Waals surface area contributed by atoms with Crippen molar-refractivity contribution in [3.63, 3.8) is 0 Å². The van der Waals surface area contributed by atoms with Gasteiger partial charge < -0.3 is 4.90 Å².